The van der Waals surface area contributed by atoms with Gasteiger partial charge in [-0.15, -0.1) is 0 Å². The maximum atomic E-state index is 12.7. The van der Waals surface area contributed by atoms with Crippen molar-refractivity contribution in [1.82, 2.24) is 4.98 Å². The van der Waals surface area contributed by atoms with E-state index in [-0.39, 0.29) is 20.7 Å². The molecule has 0 atom stereocenters. The van der Waals surface area contributed by atoms with E-state index in [1.54, 1.807) is 18.3 Å². The number of unbranched alkanes of at least 4 members (excludes halogenated alkanes) is 1. The Kier molecular flexibility index (Phi) is 6.58. The average Bonchev–Trinajstić information content (AvgIpc) is 2.54. The van der Waals surface area contributed by atoms with Crippen LogP contribution < -0.4 is 4.59 Å². The normalized spacial score (nSPS) is 12.3. The molecule has 1 aromatic heterocycles. The van der Waals surface area contributed by atoms with Gasteiger partial charge in [-0.05, 0) is 0 Å². The molecule has 0 aliphatic heterocycles. The van der Waals surface area contributed by atoms with Gasteiger partial charge >= 0.3 is 145 Å². The third kappa shape index (κ3) is 5.61. The van der Waals surface area contributed by atoms with E-state index in [2.05, 4.69) is 18.0 Å². The zero-order chi connectivity index (χ0) is 16.7. The first-order chi connectivity index (χ1) is 11.0. The third-order valence-electron chi connectivity index (χ3n) is 3.25. The van der Waals surface area contributed by atoms with Gasteiger partial charge in [0.05, 0.1) is 0 Å². The quantitative estimate of drug-likeness (QED) is 0.679. The molecule has 0 aliphatic carbocycles. The van der Waals surface area contributed by atoms with Crippen molar-refractivity contribution in [3.63, 3.8) is 0 Å². The summed E-state index contributed by atoms with van der Waals surface area (Å²) in [4.78, 5) is 4.72. The number of pyridine rings is 1. The van der Waals surface area contributed by atoms with Crippen molar-refractivity contribution in [1.29, 1.82) is 0 Å². The van der Waals surface area contributed by atoms with Crippen LogP contribution in [0.25, 0.3) is 0 Å². The van der Waals surface area contributed by atoms with Crippen molar-refractivity contribution in [3.8, 4) is 0 Å². The van der Waals surface area contributed by atoms with Gasteiger partial charge in [0.2, 0.25) is 0 Å². The number of aromatic nitrogens is 1. The molecule has 0 amide bonds. The molecule has 1 heterocycles. The van der Waals surface area contributed by atoms with Gasteiger partial charge in [-0.2, -0.15) is 0 Å². The molecule has 3 nitrogen and oxygen atoms in total. The predicted molar refractivity (Wildman–Crippen MR) is 95.8 cm³/mol. The number of benzene rings is 1. The summed E-state index contributed by atoms with van der Waals surface area (Å²) in [5, 5.41) is 0. The van der Waals surface area contributed by atoms with Crippen molar-refractivity contribution in [2.75, 3.05) is 5.75 Å². The van der Waals surface area contributed by atoms with Gasteiger partial charge in [0.1, 0.15) is 0 Å². The molecule has 0 unspecified atom stereocenters. The van der Waals surface area contributed by atoms with Crippen LogP contribution in [-0.4, -0.2) is 34.1 Å². The SMILES string of the molecule is CCC/C=C(/CS(=O)(=O)c1ccc(C)cc1)[Se]c1ccccn1. The molecule has 1 aromatic carbocycles. The van der Waals surface area contributed by atoms with Crippen LogP contribution in [0.1, 0.15) is 25.3 Å². The summed E-state index contributed by atoms with van der Waals surface area (Å²) < 4.78 is 27.2. The molecule has 0 aliphatic rings. The van der Waals surface area contributed by atoms with Crippen LogP contribution in [0.15, 0.2) is 64.1 Å². The first kappa shape index (κ1) is 17.9. The van der Waals surface area contributed by atoms with E-state index in [0.717, 1.165) is 27.5 Å². The van der Waals surface area contributed by atoms with Crippen molar-refractivity contribution in [2.24, 2.45) is 0 Å². The molecule has 23 heavy (non-hydrogen) atoms. The van der Waals surface area contributed by atoms with Gasteiger partial charge in [-0.3, -0.25) is 0 Å². The zero-order valence-electron chi connectivity index (χ0n) is 13.4. The van der Waals surface area contributed by atoms with Crippen LogP contribution in [0, 0.1) is 6.92 Å². The molecule has 0 N–H and O–H groups in total. The Labute approximate surface area is 144 Å². The van der Waals surface area contributed by atoms with Crippen LogP contribution in [0.4, 0.5) is 0 Å². The number of aryl methyl sites for hydroxylation is 1. The van der Waals surface area contributed by atoms with Gasteiger partial charge in [-0.1, -0.05) is 0 Å². The molecule has 0 spiro atoms. The molecule has 2 aromatic rings. The second-order valence-corrected chi connectivity index (χ2v) is 9.70. The van der Waals surface area contributed by atoms with Gasteiger partial charge in [0, 0.05) is 0 Å². The number of rotatable bonds is 7. The van der Waals surface area contributed by atoms with E-state index in [1.807, 2.05) is 37.3 Å². The van der Waals surface area contributed by atoms with Crippen LogP contribution in [-0.2, 0) is 9.84 Å². The van der Waals surface area contributed by atoms with E-state index in [9.17, 15) is 8.42 Å². The van der Waals surface area contributed by atoms with E-state index >= 15 is 0 Å². The molecular weight excluding hydrogens is 373 g/mol. The van der Waals surface area contributed by atoms with E-state index < -0.39 is 9.84 Å². The molecule has 0 bridgehead atoms. The van der Waals surface area contributed by atoms with E-state index in [4.69, 9.17) is 0 Å². The molecule has 0 saturated carbocycles. The number of nitrogens with zero attached hydrogens (tertiary/aromatic N) is 1. The Hall–Kier alpha value is -1.42. The first-order valence-corrected chi connectivity index (χ1v) is 10.9. The van der Waals surface area contributed by atoms with Gasteiger partial charge in [0.25, 0.3) is 0 Å². The minimum absolute atomic E-state index is 0.0613. The summed E-state index contributed by atoms with van der Waals surface area (Å²) in [6.07, 6.45) is 5.73. The summed E-state index contributed by atoms with van der Waals surface area (Å²) in [7, 11) is -3.31. The van der Waals surface area contributed by atoms with Crippen molar-refractivity contribution >= 4 is 29.4 Å². The molecular formula is C18H21NO2SSe. The number of allylic oxidation sites excluding steroid dienone is 1. The average molecular weight is 394 g/mol. The Balaban J connectivity index is 2.21. The van der Waals surface area contributed by atoms with E-state index in [0.29, 0.717) is 4.90 Å². The first-order valence-electron chi connectivity index (χ1n) is 7.58. The number of hydrogen-bond acceptors (Lipinski definition) is 3. The molecule has 0 fully saturated rings. The monoisotopic (exact) mass is 395 g/mol. The van der Waals surface area contributed by atoms with Gasteiger partial charge in [0.15, 0.2) is 0 Å². The summed E-state index contributed by atoms with van der Waals surface area (Å²) in [5.41, 5.74) is 1.06. The maximum absolute atomic E-state index is 12.7. The fourth-order valence-corrected chi connectivity index (χ4v) is 6.14. The number of sulfone groups is 1. The third-order valence-corrected chi connectivity index (χ3v) is 7.49. The van der Waals surface area contributed by atoms with Crippen molar-refractivity contribution in [3.05, 3.63) is 64.8 Å². The fourth-order valence-electron chi connectivity index (χ4n) is 1.99. The van der Waals surface area contributed by atoms with Crippen LogP contribution in [0.5, 0.6) is 0 Å². The molecule has 0 radical (unpaired) electrons. The Bertz CT molecular complexity index is 753. The topological polar surface area (TPSA) is 47.0 Å². The number of hydrogen-bond donors (Lipinski definition) is 0. The zero-order valence-corrected chi connectivity index (χ0v) is 15.9. The fraction of sp³-hybridized carbons (Fsp3) is 0.278. The van der Waals surface area contributed by atoms with Crippen LogP contribution >= 0.6 is 0 Å². The molecule has 122 valence electrons. The summed E-state index contributed by atoms with van der Waals surface area (Å²) in [5.74, 6) is 0.0760. The van der Waals surface area contributed by atoms with Crippen LogP contribution in [0.3, 0.4) is 0 Å². The molecule has 2 rings (SSSR count). The predicted octanol–water partition coefficient (Wildman–Crippen LogP) is 2.88. The summed E-state index contributed by atoms with van der Waals surface area (Å²) >= 11 is -0.0613. The van der Waals surface area contributed by atoms with Crippen LogP contribution in [0.2, 0.25) is 0 Å². The van der Waals surface area contributed by atoms with Crippen molar-refractivity contribution < 1.29 is 8.42 Å². The van der Waals surface area contributed by atoms with Gasteiger partial charge in [-0.25, -0.2) is 0 Å². The second-order valence-electron chi connectivity index (χ2n) is 5.30. The van der Waals surface area contributed by atoms with Gasteiger partial charge < -0.3 is 0 Å². The standard InChI is InChI=1S/C18H21NO2SSe/c1-3-4-7-17(23-18-8-5-6-13-19-18)14-22(20,21)16-11-9-15(2)10-12-16/h5-13H,3-4,14H2,1-2H3/b17-7-. The summed E-state index contributed by atoms with van der Waals surface area (Å²) in [6, 6.07) is 12.8. The Morgan fingerprint density at radius 3 is 2.52 bits per heavy atom. The Morgan fingerprint density at radius 2 is 1.91 bits per heavy atom. The molecule has 0 saturated heterocycles. The summed E-state index contributed by atoms with van der Waals surface area (Å²) in [6.45, 7) is 4.05. The van der Waals surface area contributed by atoms with Crippen molar-refractivity contribution in [2.45, 2.75) is 31.6 Å². The second kappa shape index (κ2) is 8.44. The van der Waals surface area contributed by atoms with E-state index in [1.165, 1.54) is 0 Å². The molecule has 5 heteroatoms. The minimum atomic E-state index is -3.31. The Morgan fingerprint density at radius 1 is 1.17 bits per heavy atom.